The molecule has 2 atom stereocenters. The monoisotopic (exact) mass is 749 g/mol. The molecule has 2 unspecified atom stereocenters. The summed E-state index contributed by atoms with van der Waals surface area (Å²) in [5, 5.41) is 4.09. The highest BCUT2D eigenvalue weighted by Gasteiger charge is 2.61. The third-order valence-electron chi connectivity index (χ3n) is 13.5. The number of benzene rings is 8. The van der Waals surface area contributed by atoms with Crippen LogP contribution in [0, 0.1) is 0 Å². The topological polar surface area (TPSA) is 3.24 Å². The lowest BCUT2D eigenvalue weighted by Crippen LogP contribution is -2.37. The van der Waals surface area contributed by atoms with Crippen molar-refractivity contribution in [3.63, 3.8) is 0 Å². The summed E-state index contributed by atoms with van der Waals surface area (Å²) in [5.74, 6) is 0.900. The molecule has 0 N–H and O–H groups in total. The Labute approximate surface area is 338 Å². The van der Waals surface area contributed by atoms with E-state index in [1.54, 1.807) is 0 Å². The maximum Gasteiger partial charge on any atom is 0.0775 e. The van der Waals surface area contributed by atoms with Crippen molar-refractivity contribution in [1.82, 2.24) is 0 Å². The van der Waals surface area contributed by atoms with Crippen LogP contribution in [-0.4, -0.2) is 8.07 Å². The van der Waals surface area contributed by atoms with Crippen LogP contribution in [0.4, 0.5) is 17.1 Å². The third-order valence-corrected chi connectivity index (χ3v) is 15.6. The number of anilines is 3. The zero-order valence-electron chi connectivity index (χ0n) is 33.4. The molecule has 0 saturated carbocycles. The molecular formula is C55H47NSi. The maximum absolute atomic E-state index is 2.49. The van der Waals surface area contributed by atoms with Crippen molar-refractivity contribution in [3.05, 3.63) is 215 Å². The average molecular weight is 750 g/mol. The van der Waals surface area contributed by atoms with E-state index in [0.717, 1.165) is 0 Å². The Kier molecular flexibility index (Phi) is 7.53. The Balaban J connectivity index is 1.19. The Morgan fingerprint density at radius 3 is 1.63 bits per heavy atom. The molecule has 0 amide bonds. The van der Waals surface area contributed by atoms with Gasteiger partial charge in [-0.3, -0.25) is 0 Å². The first-order valence-electron chi connectivity index (χ1n) is 20.7. The molecule has 1 spiro atoms. The number of nitrogens with zero attached hydrogens (tertiary/aromatic N) is 1. The van der Waals surface area contributed by atoms with Gasteiger partial charge in [-0.1, -0.05) is 178 Å². The predicted octanol–water partition coefficient (Wildman–Crippen LogP) is 14.2. The first-order valence-corrected chi connectivity index (χ1v) is 24.2. The summed E-state index contributed by atoms with van der Waals surface area (Å²) in [4.78, 5) is 2.45. The van der Waals surface area contributed by atoms with Gasteiger partial charge in [0, 0.05) is 28.9 Å². The van der Waals surface area contributed by atoms with Crippen LogP contribution in [0.5, 0.6) is 0 Å². The highest BCUT2D eigenvalue weighted by molar-refractivity contribution is 6.88. The molecule has 0 aliphatic heterocycles. The van der Waals surface area contributed by atoms with Gasteiger partial charge in [-0.15, -0.1) is 0 Å². The lowest BCUT2D eigenvalue weighted by Gasteiger charge is -2.41. The van der Waals surface area contributed by atoms with E-state index in [4.69, 9.17) is 0 Å². The largest absolute Gasteiger partial charge is 0.310 e. The van der Waals surface area contributed by atoms with E-state index in [1.807, 2.05) is 0 Å². The quantitative estimate of drug-likeness (QED) is 0.158. The molecule has 3 aliphatic rings. The van der Waals surface area contributed by atoms with Crippen molar-refractivity contribution in [2.75, 3.05) is 4.90 Å². The van der Waals surface area contributed by atoms with Crippen molar-refractivity contribution in [1.29, 1.82) is 0 Å². The number of fused-ring (bicyclic) bond motifs is 17. The molecule has 0 bridgehead atoms. The van der Waals surface area contributed by atoms with Crippen LogP contribution in [0.25, 0.3) is 33.0 Å². The second kappa shape index (κ2) is 12.5. The molecule has 2 heteroatoms. The number of rotatable bonds is 5. The molecule has 0 fully saturated rings. The van der Waals surface area contributed by atoms with Gasteiger partial charge in [-0.25, -0.2) is 0 Å². The van der Waals surface area contributed by atoms with Crippen molar-refractivity contribution >= 4 is 41.1 Å². The van der Waals surface area contributed by atoms with E-state index in [0.29, 0.717) is 5.92 Å². The summed E-state index contributed by atoms with van der Waals surface area (Å²) in [6, 6.07) is 67.8. The third kappa shape index (κ3) is 4.87. The zero-order chi connectivity index (χ0) is 38.6. The van der Waals surface area contributed by atoms with Crippen molar-refractivity contribution in [2.24, 2.45) is 0 Å². The van der Waals surface area contributed by atoms with Crippen LogP contribution < -0.4 is 10.1 Å². The van der Waals surface area contributed by atoms with E-state index in [9.17, 15) is 0 Å². The molecule has 276 valence electrons. The Morgan fingerprint density at radius 2 is 1.02 bits per heavy atom. The minimum absolute atomic E-state index is 0.203. The van der Waals surface area contributed by atoms with Gasteiger partial charge in [0.15, 0.2) is 0 Å². The summed E-state index contributed by atoms with van der Waals surface area (Å²) in [5.41, 5.74) is 18.7. The maximum atomic E-state index is 2.49. The van der Waals surface area contributed by atoms with Gasteiger partial charge in [0.2, 0.25) is 0 Å². The molecule has 11 rings (SSSR count). The number of hydrogen-bond donors (Lipinski definition) is 0. The van der Waals surface area contributed by atoms with Crippen LogP contribution in [0.15, 0.2) is 176 Å². The fourth-order valence-electron chi connectivity index (χ4n) is 11.0. The second-order valence-electron chi connectivity index (χ2n) is 17.8. The van der Waals surface area contributed by atoms with Crippen molar-refractivity contribution in [2.45, 2.75) is 56.7 Å². The molecular weight excluding hydrogens is 703 g/mol. The lowest BCUT2D eigenvalue weighted by molar-refractivity contribution is 0.493. The molecule has 8 aromatic rings. The summed E-state index contributed by atoms with van der Waals surface area (Å²) in [7, 11) is -1.46. The Bertz CT molecular complexity index is 2830. The zero-order valence-corrected chi connectivity index (χ0v) is 34.4. The normalized spacial score (nSPS) is 16.8. The van der Waals surface area contributed by atoms with E-state index in [1.165, 1.54) is 94.2 Å². The van der Waals surface area contributed by atoms with Gasteiger partial charge in [-0.05, 0) is 114 Å². The van der Waals surface area contributed by atoms with Crippen LogP contribution in [0.2, 0.25) is 19.6 Å². The molecule has 0 saturated heterocycles. The molecule has 1 nitrogen and oxygen atoms in total. The van der Waals surface area contributed by atoms with Crippen molar-refractivity contribution in [3.8, 4) is 22.3 Å². The summed E-state index contributed by atoms with van der Waals surface area (Å²) in [6.07, 6.45) is 0. The van der Waals surface area contributed by atoms with E-state index < -0.39 is 8.07 Å². The molecule has 0 aromatic heterocycles. The van der Waals surface area contributed by atoms with Gasteiger partial charge < -0.3 is 4.90 Å². The van der Waals surface area contributed by atoms with Crippen LogP contribution in [0.1, 0.15) is 70.5 Å². The average Bonchev–Trinajstić information content (AvgIpc) is 3.72. The first-order chi connectivity index (χ1) is 27.7. The predicted molar refractivity (Wildman–Crippen MR) is 244 cm³/mol. The summed E-state index contributed by atoms with van der Waals surface area (Å²) in [6.45, 7) is 11.8. The van der Waals surface area contributed by atoms with Gasteiger partial charge >= 0.3 is 0 Å². The van der Waals surface area contributed by atoms with Crippen LogP contribution in [-0.2, 0) is 5.41 Å². The molecule has 57 heavy (non-hydrogen) atoms. The first kappa shape index (κ1) is 34.3. The minimum Gasteiger partial charge on any atom is -0.310 e. The fraction of sp³-hybridized carbons (Fsp3) is 0.164. The Hall–Kier alpha value is -5.96. The van der Waals surface area contributed by atoms with Gasteiger partial charge in [0.1, 0.15) is 0 Å². The van der Waals surface area contributed by atoms with Crippen molar-refractivity contribution < 1.29 is 0 Å². The SMILES string of the molecule is CC(C)c1ccc(N(c2ccc([Si](C)(C)C)cc2)c2ccc3c4c(ccc3c2)C2c3ccccc3-c3ccccc3C2C42c3ccccc3-c3ccccc32)cc1. The van der Waals surface area contributed by atoms with Gasteiger partial charge in [0.25, 0.3) is 0 Å². The minimum atomic E-state index is -1.46. The summed E-state index contributed by atoms with van der Waals surface area (Å²) >= 11 is 0. The van der Waals surface area contributed by atoms with Crippen LogP contribution >= 0.6 is 0 Å². The molecule has 0 heterocycles. The Morgan fingerprint density at radius 1 is 0.491 bits per heavy atom. The van der Waals surface area contributed by atoms with Gasteiger partial charge in [0.05, 0.1) is 13.5 Å². The molecule has 0 radical (unpaired) electrons. The smallest absolute Gasteiger partial charge is 0.0775 e. The summed E-state index contributed by atoms with van der Waals surface area (Å²) < 4.78 is 0. The molecule has 3 aliphatic carbocycles. The van der Waals surface area contributed by atoms with Crippen LogP contribution in [0.3, 0.4) is 0 Å². The molecule has 8 aromatic carbocycles. The van der Waals surface area contributed by atoms with E-state index in [2.05, 4.69) is 214 Å². The highest BCUT2D eigenvalue weighted by atomic mass is 28.3. The fourth-order valence-corrected chi connectivity index (χ4v) is 12.2. The number of hydrogen-bond acceptors (Lipinski definition) is 1. The second-order valence-corrected chi connectivity index (χ2v) is 22.9. The highest BCUT2D eigenvalue weighted by Crippen LogP contribution is 2.71. The standard InChI is InChI=1S/C55H47NSi/c1-35(2)36-22-25-38(26-23-36)56(39-27-30-41(31-28-39)57(3,4)5)40-29-33-42-37(34-40)24-32-49-52-47-18-8-6-14-43(47)44-15-7-9-19-48(44)54(52)55(53(42)49)50-20-12-10-16-45(50)46-17-11-13-21-51(46)55/h6-35,52,54H,1-5H3. The van der Waals surface area contributed by atoms with E-state index in [-0.39, 0.29) is 17.3 Å². The lowest BCUT2D eigenvalue weighted by atomic mass is 9.59. The van der Waals surface area contributed by atoms with Gasteiger partial charge in [-0.2, -0.15) is 0 Å². The van der Waals surface area contributed by atoms with E-state index >= 15 is 0 Å².